The molecule has 9 N–H and O–H groups in total. The monoisotopic (exact) mass is 1230 g/mol. The van der Waals surface area contributed by atoms with Gasteiger partial charge in [0.05, 0.1) is 51.0 Å². The second-order valence-corrected chi connectivity index (χ2v) is 22.0. The summed E-state index contributed by atoms with van der Waals surface area (Å²) in [6.07, 6.45) is 17.4. The molecule has 1 rings (SSSR count). The highest BCUT2D eigenvalue weighted by Crippen LogP contribution is 2.21. The van der Waals surface area contributed by atoms with Gasteiger partial charge >= 0.3 is 23.9 Å². The number of carboxylic acids is 4. The topological polar surface area (TPSA) is 386 Å². The first kappa shape index (κ1) is 78.1. The summed E-state index contributed by atoms with van der Waals surface area (Å²) in [7, 11) is 1.68. The van der Waals surface area contributed by atoms with E-state index in [-0.39, 0.29) is 140 Å². The van der Waals surface area contributed by atoms with Crippen LogP contribution in [0.3, 0.4) is 0 Å². The molecule has 1 aliphatic heterocycles. The smallest absolute Gasteiger partial charge is 0.326 e. The molecule has 0 bridgehead atoms. The van der Waals surface area contributed by atoms with E-state index in [1.807, 2.05) is 0 Å². The van der Waals surface area contributed by atoms with Crippen LogP contribution in [0.1, 0.15) is 200 Å². The van der Waals surface area contributed by atoms with Crippen molar-refractivity contribution in [3.05, 3.63) is 0 Å². The van der Waals surface area contributed by atoms with E-state index in [4.69, 9.17) is 24.1 Å². The second kappa shape index (κ2) is 50.1. The Bertz CT molecular complexity index is 2040. The van der Waals surface area contributed by atoms with Crippen LogP contribution in [0.4, 0.5) is 0 Å². The average Bonchev–Trinajstić information content (AvgIpc) is 3.61. The fraction of sp³-hybridized carbons (Fsp3) is 0.800. The summed E-state index contributed by atoms with van der Waals surface area (Å²) >= 11 is 0. The van der Waals surface area contributed by atoms with Crippen molar-refractivity contribution in [2.75, 3.05) is 79.5 Å². The van der Waals surface area contributed by atoms with Crippen molar-refractivity contribution in [3.8, 4) is 0 Å². The number of carbonyl (C=O) groups is 12. The number of hydrogen-bond acceptors (Lipinski definition) is 17. The normalized spacial score (nSPS) is 14.3. The first-order chi connectivity index (χ1) is 41.2. The summed E-state index contributed by atoms with van der Waals surface area (Å²) in [4.78, 5) is 147. The van der Waals surface area contributed by atoms with E-state index in [0.717, 1.165) is 57.8 Å². The SMILES string of the molecule is CN[C@@H](CCCCNC(=O)CC[C@H](CC(=O)CC[C@H](NC(=O)COCCOCCCC(=O)COCCOCCNC(=O)CC[C@H](NC(=O)CCCCCCCCCCCCCCCCC(=O)O)C(=O)O)C(=O)O)C(=O)O)C(=O)N1CCC[C@H]1C(C)=O. The summed E-state index contributed by atoms with van der Waals surface area (Å²) in [5, 5.41) is 50.7. The predicted molar refractivity (Wildman–Crippen MR) is 315 cm³/mol. The number of carbonyl (C=O) groups excluding carboxylic acids is 8. The van der Waals surface area contributed by atoms with Crippen molar-refractivity contribution in [2.24, 2.45) is 5.92 Å². The Hall–Kier alpha value is -5.96. The van der Waals surface area contributed by atoms with Crippen LogP contribution in [-0.2, 0) is 76.5 Å². The van der Waals surface area contributed by atoms with Crippen molar-refractivity contribution >= 4 is 70.8 Å². The Morgan fingerprint density at radius 1 is 0.453 bits per heavy atom. The van der Waals surface area contributed by atoms with E-state index < -0.39 is 84.6 Å². The molecule has 0 aromatic heterocycles. The number of aliphatic carboxylic acids is 4. The number of amides is 5. The Morgan fingerprint density at radius 3 is 1.52 bits per heavy atom. The summed E-state index contributed by atoms with van der Waals surface area (Å²) in [6.45, 7) is 2.57. The third-order valence-electron chi connectivity index (χ3n) is 14.7. The van der Waals surface area contributed by atoms with E-state index >= 15 is 0 Å². The lowest BCUT2D eigenvalue weighted by Gasteiger charge is -2.27. The summed E-state index contributed by atoms with van der Waals surface area (Å²) in [5.41, 5.74) is 0. The number of hydrogen-bond donors (Lipinski definition) is 9. The molecular weight excluding hydrogens is 1120 g/mol. The lowest BCUT2D eigenvalue weighted by Crippen LogP contribution is -2.49. The zero-order chi connectivity index (χ0) is 63.7. The molecule has 5 atom stereocenters. The highest BCUT2D eigenvalue weighted by molar-refractivity contribution is 5.90. The molecule has 26 nitrogen and oxygen atoms in total. The minimum absolute atomic E-state index is 0.0143. The maximum atomic E-state index is 13.0. The van der Waals surface area contributed by atoms with Crippen molar-refractivity contribution in [1.29, 1.82) is 0 Å². The zero-order valence-corrected chi connectivity index (χ0v) is 51.1. The zero-order valence-electron chi connectivity index (χ0n) is 51.1. The number of nitrogens with zero attached hydrogens (tertiary/aromatic N) is 1. The van der Waals surface area contributed by atoms with Gasteiger partial charge in [-0.1, -0.05) is 77.0 Å². The highest BCUT2D eigenvalue weighted by atomic mass is 16.5. The molecule has 0 aliphatic carbocycles. The lowest BCUT2D eigenvalue weighted by molar-refractivity contribution is -0.145. The van der Waals surface area contributed by atoms with E-state index in [2.05, 4.69) is 26.6 Å². The number of likely N-dealkylation sites (tertiary alicyclic amines) is 1. The largest absolute Gasteiger partial charge is 0.481 e. The second-order valence-electron chi connectivity index (χ2n) is 22.0. The Morgan fingerprint density at radius 2 is 0.965 bits per heavy atom. The number of nitrogens with one attached hydrogen (secondary N) is 5. The minimum Gasteiger partial charge on any atom is -0.481 e. The van der Waals surface area contributed by atoms with Crippen LogP contribution >= 0.6 is 0 Å². The number of unbranched alkanes of at least 4 members (excludes halogenated alkanes) is 14. The van der Waals surface area contributed by atoms with Crippen LogP contribution in [-0.4, -0.2) is 200 Å². The minimum atomic E-state index is -1.45. The molecule has 492 valence electrons. The molecule has 1 aliphatic rings. The molecule has 1 saturated heterocycles. The number of Topliss-reactive ketones (excluding diaryl/α,β-unsaturated/α-hetero) is 3. The fourth-order valence-corrected chi connectivity index (χ4v) is 9.70. The van der Waals surface area contributed by atoms with E-state index in [1.165, 1.54) is 39.0 Å². The van der Waals surface area contributed by atoms with Crippen molar-refractivity contribution in [1.82, 2.24) is 31.5 Å². The molecule has 0 unspecified atom stereocenters. The van der Waals surface area contributed by atoms with E-state index in [9.17, 15) is 72.9 Å². The van der Waals surface area contributed by atoms with Gasteiger partial charge in [0, 0.05) is 71.2 Å². The first-order valence-electron chi connectivity index (χ1n) is 31.1. The molecule has 1 heterocycles. The summed E-state index contributed by atoms with van der Waals surface area (Å²) < 4.78 is 21.4. The van der Waals surface area contributed by atoms with Crippen LogP contribution in [0, 0.1) is 5.92 Å². The molecule has 26 heteroatoms. The average molecular weight is 1230 g/mol. The molecule has 86 heavy (non-hydrogen) atoms. The Balaban J connectivity index is 2.08. The van der Waals surface area contributed by atoms with Crippen molar-refractivity contribution in [3.63, 3.8) is 0 Å². The van der Waals surface area contributed by atoms with Crippen LogP contribution in [0.5, 0.6) is 0 Å². The Labute approximate surface area is 506 Å². The number of rotatable bonds is 58. The standard InChI is InChI=1S/C60H102N6O20/c1-44(67)51-23-19-34-66(51)57(76)48(61-2)22-17-18-32-62-52(70)30-26-45(58(77)78)41-46(68)27-28-49(59(79)80)65-55(73)43-86-40-37-83-35-20-21-47(69)42-85-39-38-84-36-33-63-53(71)31-29-50(60(81)82)64-54(72)24-15-13-11-9-7-5-3-4-6-8-10-12-14-16-25-56(74)75/h45,48-51,61H,3-43H2,1-2H3,(H,62,70)(H,63,71)(H,64,72)(H,65,73)(H,74,75)(H,77,78)(H,79,80)(H,81,82)/t45-,48+,49+,50+,51+/m1/s1. The van der Waals surface area contributed by atoms with Gasteiger partial charge in [-0.25, -0.2) is 9.59 Å². The van der Waals surface area contributed by atoms with Crippen LogP contribution in [0.25, 0.3) is 0 Å². The number of ether oxygens (including phenoxy) is 4. The first-order valence-corrected chi connectivity index (χ1v) is 31.1. The van der Waals surface area contributed by atoms with Gasteiger partial charge in [-0.05, 0) is 84.6 Å². The van der Waals surface area contributed by atoms with Crippen LogP contribution in [0.2, 0.25) is 0 Å². The van der Waals surface area contributed by atoms with Gasteiger partial charge < -0.3 is 70.9 Å². The van der Waals surface area contributed by atoms with Crippen LogP contribution in [0.15, 0.2) is 0 Å². The number of carboxylic acid groups (broad SMARTS) is 4. The molecule has 0 saturated carbocycles. The highest BCUT2D eigenvalue weighted by Gasteiger charge is 2.35. The third kappa shape index (κ3) is 41.2. The molecule has 0 aromatic rings. The van der Waals surface area contributed by atoms with Gasteiger partial charge in [0.2, 0.25) is 29.5 Å². The molecule has 0 spiro atoms. The van der Waals surface area contributed by atoms with Gasteiger partial charge in [0.25, 0.3) is 0 Å². The quantitative estimate of drug-likeness (QED) is 0.0380. The Kier molecular flexibility index (Phi) is 45.5. The maximum Gasteiger partial charge on any atom is 0.326 e. The van der Waals surface area contributed by atoms with Gasteiger partial charge in [-0.2, -0.15) is 0 Å². The van der Waals surface area contributed by atoms with Crippen molar-refractivity contribution < 1.29 is 96.9 Å². The van der Waals surface area contributed by atoms with E-state index in [0.29, 0.717) is 51.6 Å². The van der Waals surface area contributed by atoms with E-state index in [1.54, 1.807) is 11.9 Å². The predicted octanol–water partition coefficient (Wildman–Crippen LogP) is 4.44. The van der Waals surface area contributed by atoms with Gasteiger partial charge in [0.1, 0.15) is 31.1 Å². The molecule has 5 amide bonds. The van der Waals surface area contributed by atoms with Gasteiger partial charge in [-0.15, -0.1) is 0 Å². The lowest BCUT2D eigenvalue weighted by atomic mass is 9.94. The summed E-state index contributed by atoms with van der Waals surface area (Å²) in [6, 6.07) is -3.48. The number of likely N-dealkylation sites (N-methyl/N-ethyl adjacent to an activating group) is 1. The maximum absolute atomic E-state index is 13.0. The van der Waals surface area contributed by atoms with Crippen LogP contribution < -0.4 is 26.6 Å². The van der Waals surface area contributed by atoms with Gasteiger partial charge in [0.15, 0.2) is 11.6 Å². The van der Waals surface area contributed by atoms with Gasteiger partial charge in [-0.3, -0.25) is 47.9 Å². The molecular formula is C60H102N6O20. The molecule has 0 aromatic carbocycles. The fourth-order valence-electron chi connectivity index (χ4n) is 9.70. The molecule has 0 radical (unpaired) electrons. The third-order valence-corrected chi connectivity index (χ3v) is 14.7. The molecule has 1 fully saturated rings. The number of ketones is 3. The summed E-state index contributed by atoms with van der Waals surface area (Å²) in [5.74, 6) is -8.59. The van der Waals surface area contributed by atoms with Crippen molar-refractivity contribution in [2.45, 2.75) is 224 Å².